The first kappa shape index (κ1) is 15.7. The summed E-state index contributed by atoms with van der Waals surface area (Å²) in [7, 11) is 0. The number of hydrogen-bond donors (Lipinski definition) is 1. The summed E-state index contributed by atoms with van der Waals surface area (Å²) >= 11 is 1.64. The molecule has 5 nitrogen and oxygen atoms in total. The van der Waals surface area contributed by atoms with E-state index >= 15 is 0 Å². The van der Waals surface area contributed by atoms with Crippen LogP contribution in [0.2, 0.25) is 0 Å². The van der Waals surface area contributed by atoms with Gasteiger partial charge in [0.15, 0.2) is 5.82 Å². The Morgan fingerprint density at radius 1 is 1.48 bits per heavy atom. The molecule has 21 heavy (non-hydrogen) atoms. The van der Waals surface area contributed by atoms with E-state index in [1.165, 1.54) is 0 Å². The maximum Gasteiger partial charge on any atom is 0.227 e. The minimum absolute atomic E-state index is 0.00795. The summed E-state index contributed by atoms with van der Waals surface area (Å²) in [6, 6.07) is 4.03. The second kappa shape index (κ2) is 6.39. The van der Waals surface area contributed by atoms with Crippen LogP contribution in [0.4, 0.5) is 0 Å². The molecule has 6 heteroatoms. The van der Waals surface area contributed by atoms with E-state index < -0.39 is 0 Å². The van der Waals surface area contributed by atoms with Gasteiger partial charge in [0.05, 0.1) is 6.04 Å². The summed E-state index contributed by atoms with van der Waals surface area (Å²) < 4.78 is 5.18. The molecule has 2 aromatic rings. The van der Waals surface area contributed by atoms with E-state index in [-0.39, 0.29) is 17.4 Å². The lowest BCUT2D eigenvalue weighted by Gasteiger charge is -2.11. The number of thiophene rings is 1. The molecule has 0 aromatic carbocycles. The molecule has 0 bridgehead atoms. The van der Waals surface area contributed by atoms with Gasteiger partial charge in [0.2, 0.25) is 11.8 Å². The zero-order valence-corrected chi connectivity index (χ0v) is 13.7. The van der Waals surface area contributed by atoms with Crippen molar-refractivity contribution in [2.24, 2.45) is 0 Å². The number of amides is 1. The third-order valence-electron chi connectivity index (χ3n) is 3.05. The zero-order chi connectivity index (χ0) is 15.5. The van der Waals surface area contributed by atoms with Crippen LogP contribution in [0.15, 0.2) is 22.0 Å². The third kappa shape index (κ3) is 4.39. The lowest BCUT2D eigenvalue weighted by Crippen LogP contribution is -2.26. The molecule has 2 heterocycles. The Balaban J connectivity index is 1.83. The Kier molecular flexibility index (Phi) is 4.77. The molecular formula is C15H21N3O2S. The maximum absolute atomic E-state index is 11.9. The number of rotatable bonds is 5. The number of nitrogens with one attached hydrogen (secondary N) is 1. The molecule has 1 N–H and O–H groups in total. The van der Waals surface area contributed by atoms with Gasteiger partial charge in [-0.15, -0.1) is 11.3 Å². The summed E-state index contributed by atoms with van der Waals surface area (Å²) in [4.78, 5) is 17.4. The quantitative estimate of drug-likeness (QED) is 0.920. The van der Waals surface area contributed by atoms with Crippen LogP contribution in [0.25, 0.3) is 0 Å². The monoisotopic (exact) mass is 307 g/mol. The van der Waals surface area contributed by atoms with Crippen molar-refractivity contribution < 1.29 is 9.32 Å². The first-order chi connectivity index (χ1) is 9.86. The van der Waals surface area contributed by atoms with Gasteiger partial charge in [-0.3, -0.25) is 4.79 Å². The highest BCUT2D eigenvalue weighted by Gasteiger charge is 2.21. The van der Waals surface area contributed by atoms with E-state index in [1.807, 2.05) is 45.2 Å². The van der Waals surface area contributed by atoms with Crippen LogP contribution in [0.1, 0.15) is 56.7 Å². The number of aromatic nitrogens is 2. The van der Waals surface area contributed by atoms with Gasteiger partial charge in [-0.1, -0.05) is 32.0 Å². The molecule has 114 valence electrons. The van der Waals surface area contributed by atoms with Crippen molar-refractivity contribution in [2.75, 3.05) is 0 Å². The predicted octanol–water partition coefficient (Wildman–Crippen LogP) is 3.24. The Bertz CT molecular complexity index is 584. The second-order valence-electron chi connectivity index (χ2n) is 6.07. The van der Waals surface area contributed by atoms with Crippen molar-refractivity contribution in [1.29, 1.82) is 0 Å². The summed E-state index contributed by atoms with van der Waals surface area (Å²) in [6.45, 7) is 8.05. The highest BCUT2D eigenvalue weighted by molar-refractivity contribution is 7.10. The van der Waals surface area contributed by atoms with Crippen LogP contribution in [-0.2, 0) is 16.6 Å². The average molecular weight is 307 g/mol. The molecule has 0 saturated heterocycles. The van der Waals surface area contributed by atoms with E-state index in [9.17, 15) is 4.79 Å². The fraction of sp³-hybridized carbons (Fsp3) is 0.533. The standard InChI is InChI=1S/C15H21N3O2S/c1-10(11-6-5-9-21-11)16-12(19)7-8-13-17-14(18-20-13)15(2,3)4/h5-6,9-10H,7-8H2,1-4H3,(H,16,19). The van der Waals surface area contributed by atoms with Gasteiger partial charge in [0, 0.05) is 23.1 Å². The molecule has 1 atom stereocenters. The molecule has 0 spiro atoms. The van der Waals surface area contributed by atoms with Crippen LogP contribution >= 0.6 is 11.3 Å². The average Bonchev–Trinajstić information content (AvgIpc) is 3.07. The Morgan fingerprint density at radius 3 is 2.81 bits per heavy atom. The van der Waals surface area contributed by atoms with Crippen molar-refractivity contribution in [3.05, 3.63) is 34.1 Å². The highest BCUT2D eigenvalue weighted by atomic mass is 32.1. The van der Waals surface area contributed by atoms with Gasteiger partial charge in [-0.25, -0.2) is 0 Å². The minimum atomic E-state index is -0.141. The molecule has 2 aromatic heterocycles. The van der Waals surface area contributed by atoms with E-state index in [1.54, 1.807) is 11.3 Å². The van der Waals surface area contributed by atoms with Crippen LogP contribution in [0.3, 0.4) is 0 Å². The van der Waals surface area contributed by atoms with Crippen molar-refractivity contribution in [3.8, 4) is 0 Å². The van der Waals surface area contributed by atoms with E-state index in [0.717, 1.165) is 4.88 Å². The number of hydrogen-bond acceptors (Lipinski definition) is 5. The van der Waals surface area contributed by atoms with Crippen LogP contribution < -0.4 is 5.32 Å². The molecule has 2 rings (SSSR count). The predicted molar refractivity (Wildman–Crippen MR) is 82.2 cm³/mol. The van der Waals surface area contributed by atoms with Gasteiger partial charge in [-0.05, 0) is 18.4 Å². The van der Waals surface area contributed by atoms with Crippen molar-refractivity contribution in [2.45, 2.75) is 52.0 Å². The lowest BCUT2D eigenvalue weighted by atomic mass is 9.96. The van der Waals surface area contributed by atoms with E-state index in [0.29, 0.717) is 24.6 Å². The maximum atomic E-state index is 11.9. The Labute approximate surface area is 128 Å². The molecule has 0 aliphatic rings. The molecule has 0 fully saturated rings. The largest absolute Gasteiger partial charge is 0.349 e. The van der Waals surface area contributed by atoms with Crippen LogP contribution in [-0.4, -0.2) is 16.0 Å². The summed E-state index contributed by atoms with van der Waals surface area (Å²) in [5.74, 6) is 1.18. The number of carbonyl (C=O) groups excluding carboxylic acids is 1. The highest BCUT2D eigenvalue weighted by Crippen LogP contribution is 2.20. The second-order valence-corrected chi connectivity index (χ2v) is 7.05. The van der Waals surface area contributed by atoms with Gasteiger partial charge in [0.25, 0.3) is 0 Å². The van der Waals surface area contributed by atoms with Crippen LogP contribution in [0.5, 0.6) is 0 Å². The number of nitrogens with zero attached hydrogens (tertiary/aromatic N) is 2. The minimum Gasteiger partial charge on any atom is -0.349 e. The Morgan fingerprint density at radius 2 is 2.24 bits per heavy atom. The van der Waals surface area contributed by atoms with Gasteiger partial charge in [0.1, 0.15) is 0 Å². The summed E-state index contributed by atoms with van der Waals surface area (Å²) in [5.41, 5.74) is -0.141. The van der Waals surface area contributed by atoms with Gasteiger partial charge in [-0.2, -0.15) is 4.98 Å². The first-order valence-electron chi connectivity index (χ1n) is 7.02. The molecule has 0 aliphatic carbocycles. The normalized spacial score (nSPS) is 13.1. The molecular weight excluding hydrogens is 286 g/mol. The van der Waals surface area contributed by atoms with E-state index in [4.69, 9.17) is 4.52 Å². The smallest absolute Gasteiger partial charge is 0.227 e. The summed E-state index contributed by atoms with van der Waals surface area (Å²) in [5, 5.41) is 8.93. The SMILES string of the molecule is CC(NC(=O)CCc1nc(C(C)(C)C)no1)c1cccs1. The number of carbonyl (C=O) groups is 1. The molecule has 0 radical (unpaired) electrons. The topological polar surface area (TPSA) is 68.0 Å². The van der Waals surface area contributed by atoms with E-state index in [2.05, 4.69) is 15.5 Å². The fourth-order valence-corrected chi connectivity index (χ4v) is 2.54. The van der Waals surface area contributed by atoms with Gasteiger partial charge >= 0.3 is 0 Å². The molecule has 1 unspecified atom stereocenters. The Hall–Kier alpha value is -1.69. The third-order valence-corrected chi connectivity index (χ3v) is 4.11. The number of aryl methyl sites for hydroxylation is 1. The first-order valence-corrected chi connectivity index (χ1v) is 7.90. The fourth-order valence-electron chi connectivity index (χ4n) is 1.80. The zero-order valence-electron chi connectivity index (χ0n) is 12.8. The van der Waals surface area contributed by atoms with Crippen molar-refractivity contribution in [3.63, 3.8) is 0 Å². The van der Waals surface area contributed by atoms with Crippen molar-refractivity contribution >= 4 is 17.2 Å². The van der Waals surface area contributed by atoms with Crippen LogP contribution in [0, 0.1) is 0 Å². The molecule has 1 amide bonds. The molecule has 0 saturated carbocycles. The summed E-state index contributed by atoms with van der Waals surface area (Å²) in [6.07, 6.45) is 0.813. The lowest BCUT2D eigenvalue weighted by molar-refractivity contribution is -0.121. The van der Waals surface area contributed by atoms with Gasteiger partial charge < -0.3 is 9.84 Å². The molecule has 0 aliphatic heterocycles. The van der Waals surface area contributed by atoms with Crippen molar-refractivity contribution in [1.82, 2.24) is 15.5 Å².